The molecule has 0 unspecified atom stereocenters. The Morgan fingerprint density at radius 1 is 1.12 bits per heavy atom. The van der Waals surface area contributed by atoms with Gasteiger partial charge in [0, 0.05) is 37.5 Å². The lowest BCUT2D eigenvalue weighted by Crippen LogP contribution is -2.41. The first-order valence-corrected chi connectivity index (χ1v) is 10.7. The van der Waals surface area contributed by atoms with Gasteiger partial charge in [-0.05, 0) is 49.2 Å². The largest absolute Gasteiger partial charge is 0.366 e. The Labute approximate surface area is 153 Å². The minimum Gasteiger partial charge on any atom is -0.366 e. The Morgan fingerprint density at radius 2 is 1.81 bits per heavy atom. The highest BCUT2D eigenvalue weighted by molar-refractivity contribution is 7.90. The van der Waals surface area contributed by atoms with E-state index in [0.29, 0.717) is 24.1 Å². The molecule has 1 aromatic carbocycles. The SMILES string of the molecule is CS(=O)(=O)CCN1CCC(Nc2ccc(-c3ccc(F)cc3)nn2)CC1. The molecule has 0 radical (unpaired) electrons. The maximum atomic E-state index is 13.0. The van der Waals surface area contributed by atoms with Crippen molar-refractivity contribution in [3.8, 4) is 11.3 Å². The molecule has 8 heteroatoms. The van der Waals surface area contributed by atoms with Crippen molar-refractivity contribution in [2.75, 3.05) is 37.0 Å². The molecule has 1 aliphatic heterocycles. The fourth-order valence-electron chi connectivity index (χ4n) is 2.99. The highest BCUT2D eigenvalue weighted by Crippen LogP contribution is 2.19. The number of sulfone groups is 1. The van der Waals surface area contributed by atoms with Crippen molar-refractivity contribution >= 4 is 15.7 Å². The summed E-state index contributed by atoms with van der Waals surface area (Å²) < 4.78 is 35.5. The van der Waals surface area contributed by atoms with Crippen molar-refractivity contribution in [1.29, 1.82) is 0 Å². The predicted molar refractivity (Wildman–Crippen MR) is 100 cm³/mol. The van der Waals surface area contributed by atoms with E-state index in [4.69, 9.17) is 0 Å². The van der Waals surface area contributed by atoms with Crippen LogP contribution in [0.1, 0.15) is 12.8 Å². The molecule has 0 amide bonds. The zero-order valence-electron chi connectivity index (χ0n) is 14.7. The van der Waals surface area contributed by atoms with Crippen LogP contribution < -0.4 is 5.32 Å². The van der Waals surface area contributed by atoms with Crippen LogP contribution in [0.2, 0.25) is 0 Å². The van der Waals surface area contributed by atoms with Gasteiger partial charge in [0.25, 0.3) is 0 Å². The third kappa shape index (κ3) is 5.47. The molecule has 0 saturated carbocycles. The summed E-state index contributed by atoms with van der Waals surface area (Å²) in [7, 11) is -2.91. The average molecular weight is 378 g/mol. The Bertz CT molecular complexity index is 817. The van der Waals surface area contributed by atoms with Gasteiger partial charge in [-0.1, -0.05) is 0 Å². The first-order chi connectivity index (χ1) is 12.4. The second kappa shape index (κ2) is 8.09. The average Bonchev–Trinajstić information content (AvgIpc) is 2.62. The number of anilines is 1. The third-order valence-electron chi connectivity index (χ3n) is 4.52. The summed E-state index contributed by atoms with van der Waals surface area (Å²) in [6.45, 7) is 2.33. The van der Waals surface area contributed by atoms with Gasteiger partial charge in [-0.2, -0.15) is 0 Å². The van der Waals surface area contributed by atoms with Crippen molar-refractivity contribution in [1.82, 2.24) is 15.1 Å². The number of benzene rings is 1. The van der Waals surface area contributed by atoms with E-state index in [2.05, 4.69) is 20.4 Å². The second-order valence-corrected chi connectivity index (χ2v) is 8.96. The summed E-state index contributed by atoms with van der Waals surface area (Å²) in [5.74, 6) is 0.648. The number of piperidine rings is 1. The lowest BCUT2D eigenvalue weighted by molar-refractivity contribution is 0.230. The zero-order valence-corrected chi connectivity index (χ0v) is 15.5. The van der Waals surface area contributed by atoms with Gasteiger partial charge in [0.05, 0.1) is 11.4 Å². The van der Waals surface area contributed by atoms with Crippen LogP contribution in [0.4, 0.5) is 10.2 Å². The molecule has 1 fully saturated rings. The molecule has 140 valence electrons. The second-order valence-electron chi connectivity index (χ2n) is 6.70. The van der Waals surface area contributed by atoms with Gasteiger partial charge in [0.1, 0.15) is 21.5 Å². The van der Waals surface area contributed by atoms with Crippen molar-refractivity contribution in [2.24, 2.45) is 0 Å². The summed E-state index contributed by atoms with van der Waals surface area (Å²) in [4.78, 5) is 2.18. The molecular formula is C18H23FN4O2S. The Hall–Kier alpha value is -2.06. The molecule has 2 aromatic rings. The Morgan fingerprint density at radius 3 is 2.38 bits per heavy atom. The number of rotatable bonds is 6. The minimum absolute atomic E-state index is 0.210. The first-order valence-electron chi connectivity index (χ1n) is 8.65. The topological polar surface area (TPSA) is 75.2 Å². The number of halogens is 1. The fourth-order valence-corrected chi connectivity index (χ4v) is 3.58. The van der Waals surface area contributed by atoms with Crippen LogP contribution >= 0.6 is 0 Å². The summed E-state index contributed by atoms with van der Waals surface area (Å²) in [6, 6.07) is 10.2. The summed E-state index contributed by atoms with van der Waals surface area (Å²) in [5.41, 5.74) is 1.52. The number of aromatic nitrogens is 2. The number of hydrogen-bond donors (Lipinski definition) is 1. The quantitative estimate of drug-likeness (QED) is 0.831. The van der Waals surface area contributed by atoms with Gasteiger partial charge in [0.2, 0.25) is 0 Å². The Balaban J connectivity index is 1.50. The van der Waals surface area contributed by atoms with Gasteiger partial charge >= 0.3 is 0 Å². The summed E-state index contributed by atoms with van der Waals surface area (Å²) in [5, 5.41) is 11.8. The van der Waals surface area contributed by atoms with Gasteiger partial charge < -0.3 is 10.2 Å². The summed E-state index contributed by atoms with van der Waals surface area (Å²) in [6.07, 6.45) is 3.14. The molecule has 6 nitrogen and oxygen atoms in total. The van der Waals surface area contributed by atoms with Gasteiger partial charge in [-0.15, -0.1) is 10.2 Å². The molecule has 0 aliphatic carbocycles. The van der Waals surface area contributed by atoms with E-state index < -0.39 is 9.84 Å². The third-order valence-corrected chi connectivity index (χ3v) is 5.45. The van der Waals surface area contributed by atoms with E-state index in [-0.39, 0.29) is 11.6 Å². The molecule has 1 aromatic heterocycles. The Kier molecular flexibility index (Phi) is 5.83. The number of nitrogens with one attached hydrogen (secondary N) is 1. The lowest BCUT2D eigenvalue weighted by Gasteiger charge is -2.32. The molecule has 1 aliphatic rings. The molecule has 0 atom stereocenters. The first kappa shape index (κ1) is 18.7. The van der Waals surface area contributed by atoms with Crippen molar-refractivity contribution < 1.29 is 12.8 Å². The van der Waals surface area contributed by atoms with E-state index in [1.165, 1.54) is 18.4 Å². The van der Waals surface area contributed by atoms with Gasteiger partial charge in [-0.3, -0.25) is 0 Å². The number of hydrogen-bond acceptors (Lipinski definition) is 6. The van der Waals surface area contributed by atoms with Crippen LogP contribution in [0.25, 0.3) is 11.3 Å². The van der Waals surface area contributed by atoms with E-state index in [9.17, 15) is 12.8 Å². The monoisotopic (exact) mass is 378 g/mol. The number of likely N-dealkylation sites (tertiary alicyclic amines) is 1. The van der Waals surface area contributed by atoms with Gasteiger partial charge in [0.15, 0.2) is 0 Å². The van der Waals surface area contributed by atoms with E-state index >= 15 is 0 Å². The molecule has 3 rings (SSSR count). The van der Waals surface area contributed by atoms with Crippen LogP contribution in [0.15, 0.2) is 36.4 Å². The van der Waals surface area contributed by atoms with Crippen LogP contribution in [0.5, 0.6) is 0 Å². The molecule has 1 saturated heterocycles. The smallest absolute Gasteiger partial charge is 0.148 e. The molecule has 1 N–H and O–H groups in total. The lowest BCUT2D eigenvalue weighted by atomic mass is 10.1. The highest BCUT2D eigenvalue weighted by atomic mass is 32.2. The van der Waals surface area contributed by atoms with Crippen molar-refractivity contribution in [3.05, 3.63) is 42.2 Å². The van der Waals surface area contributed by atoms with E-state index in [1.807, 2.05) is 12.1 Å². The highest BCUT2D eigenvalue weighted by Gasteiger charge is 2.20. The van der Waals surface area contributed by atoms with Crippen molar-refractivity contribution in [3.63, 3.8) is 0 Å². The molecular weight excluding hydrogens is 355 g/mol. The van der Waals surface area contributed by atoms with Crippen LogP contribution in [0, 0.1) is 5.82 Å². The number of nitrogens with zero attached hydrogens (tertiary/aromatic N) is 3. The molecule has 2 heterocycles. The molecule has 0 spiro atoms. The minimum atomic E-state index is -2.91. The zero-order chi connectivity index (χ0) is 18.6. The molecule has 26 heavy (non-hydrogen) atoms. The molecule has 0 bridgehead atoms. The standard InChI is InChI=1S/C18H23FN4O2S/c1-26(24,25)13-12-23-10-8-16(9-11-23)20-18-7-6-17(21-22-18)14-2-4-15(19)5-3-14/h2-7,16H,8-13H2,1H3,(H,20,22). The van der Waals surface area contributed by atoms with E-state index in [0.717, 1.165) is 31.5 Å². The maximum Gasteiger partial charge on any atom is 0.148 e. The summed E-state index contributed by atoms with van der Waals surface area (Å²) >= 11 is 0. The van der Waals surface area contributed by atoms with Crippen LogP contribution in [-0.2, 0) is 9.84 Å². The predicted octanol–water partition coefficient (Wildman–Crippen LogP) is 2.20. The normalized spacial score (nSPS) is 16.5. The van der Waals surface area contributed by atoms with E-state index in [1.54, 1.807) is 12.1 Å². The van der Waals surface area contributed by atoms with Gasteiger partial charge in [-0.25, -0.2) is 12.8 Å². The van der Waals surface area contributed by atoms with Crippen LogP contribution in [0.3, 0.4) is 0 Å². The van der Waals surface area contributed by atoms with Crippen molar-refractivity contribution in [2.45, 2.75) is 18.9 Å². The fraction of sp³-hybridized carbons (Fsp3) is 0.444. The maximum absolute atomic E-state index is 13.0. The van der Waals surface area contributed by atoms with Crippen LogP contribution in [-0.4, -0.2) is 61.2 Å².